The average molecular weight is 331 g/mol. The van der Waals surface area contributed by atoms with Gasteiger partial charge in [-0.2, -0.15) is 0 Å². The van der Waals surface area contributed by atoms with Crippen molar-refractivity contribution in [2.45, 2.75) is 0 Å². The summed E-state index contributed by atoms with van der Waals surface area (Å²) in [5, 5.41) is 9.13. The van der Waals surface area contributed by atoms with Gasteiger partial charge in [0.05, 0.1) is 16.1 Å². The summed E-state index contributed by atoms with van der Waals surface area (Å²) >= 11 is 12.3. The van der Waals surface area contributed by atoms with E-state index in [4.69, 9.17) is 23.2 Å². The highest BCUT2D eigenvalue weighted by Crippen LogP contribution is 2.30. The molecule has 0 saturated heterocycles. The summed E-state index contributed by atoms with van der Waals surface area (Å²) in [6.45, 7) is 0. The molecule has 2 heterocycles. The van der Waals surface area contributed by atoms with Crippen LogP contribution >= 0.6 is 23.2 Å². The third kappa shape index (κ3) is 1.90. The Balaban J connectivity index is 2.20. The number of halogens is 2. The fourth-order valence-corrected chi connectivity index (χ4v) is 2.83. The van der Waals surface area contributed by atoms with E-state index in [9.17, 15) is 4.79 Å². The number of aromatic amines is 1. The van der Waals surface area contributed by atoms with E-state index >= 15 is 0 Å². The number of rotatable bonds is 1. The molecule has 7 heteroatoms. The Morgan fingerprint density at radius 2 is 1.86 bits per heavy atom. The van der Waals surface area contributed by atoms with Crippen LogP contribution in [0.4, 0.5) is 0 Å². The van der Waals surface area contributed by atoms with Crippen molar-refractivity contribution in [3.8, 4) is 11.4 Å². The third-order valence-electron chi connectivity index (χ3n) is 3.43. The molecular formula is C15H8Cl2N4O. The van der Waals surface area contributed by atoms with E-state index in [0.29, 0.717) is 26.9 Å². The van der Waals surface area contributed by atoms with Crippen molar-refractivity contribution in [3.05, 3.63) is 62.9 Å². The summed E-state index contributed by atoms with van der Waals surface area (Å²) in [4.78, 5) is 14.9. The second kappa shape index (κ2) is 4.83. The van der Waals surface area contributed by atoms with Gasteiger partial charge in [-0.1, -0.05) is 35.3 Å². The number of para-hydroxylation sites is 2. The molecule has 22 heavy (non-hydrogen) atoms. The monoisotopic (exact) mass is 330 g/mol. The Bertz CT molecular complexity index is 1080. The van der Waals surface area contributed by atoms with Crippen molar-refractivity contribution >= 4 is 39.9 Å². The molecule has 2 aromatic heterocycles. The van der Waals surface area contributed by atoms with E-state index in [1.165, 1.54) is 0 Å². The Kier molecular flexibility index (Phi) is 2.92. The average Bonchev–Trinajstić information content (AvgIpc) is 2.95. The molecule has 0 spiro atoms. The molecule has 108 valence electrons. The molecule has 0 unspecified atom stereocenters. The predicted molar refractivity (Wildman–Crippen MR) is 86.6 cm³/mol. The molecule has 4 rings (SSSR count). The summed E-state index contributed by atoms with van der Waals surface area (Å²) in [6.07, 6.45) is 0. The number of aromatic nitrogens is 4. The normalized spacial score (nSPS) is 11.4. The lowest BCUT2D eigenvalue weighted by Crippen LogP contribution is -2.11. The maximum Gasteiger partial charge on any atom is 0.294 e. The lowest BCUT2D eigenvalue weighted by atomic mass is 10.2. The molecular weight excluding hydrogens is 323 g/mol. The Morgan fingerprint density at radius 3 is 2.73 bits per heavy atom. The smallest absolute Gasteiger partial charge is 0.294 e. The summed E-state index contributed by atoms with van der Waals surface area (Å²) < 4.78 is 1.69. The van der Waals surface area contributed by atoms with Crippen LogP contribution in [0, 0.1) is 0 Å². The maximum absolute atomic E-state index is 12.2. The molecule has 0 aliphatic carbocycles. The van der Waals surface area contributed by atoms with Gasteiger partial charge < -0.3 is 4.98 Å². The standard InChI is InChI=1S/C15H8Cl2N4O/c16-8-5-6-10(17)9(7-8)13-19-20-14-15(22)18-11-3-1-2-4-12(11)21(13)14/h1-7H,(H,18,22). The van der Waals surface area contributed by atoms with E-state index in [1.807, 2.05) is 24.3 Å². The number of fused-ring (bicyclic) bond motifs is 3. The molecule has 5 nitrogen and oxygen atoms in total. The number of H-pyrrole nitrogens is 1. The molecule has 0 fully saturated rings. The Hall–Kier alpha value is -2.37. The molecule has 0 atom stereocenters. The van der Waals surface area contributed by atoms with Crippen LogP contribution in [0.1, 0.15) is 0 Å². The first-order valence-electron chi connectivity index (χ1n) is 6.47. The van der Waals surface area contributed by atoms with Gasteiger partial charge in [0.1, 0.15) is 0 Å². The molecule has 0 radical (unpaired) electrons. The number of nitrogens with one attached hydrogen (secondary N) is 1. The second-order valence-corrected chi connectivity index (χ2v) is 5.62. The molecule has 4 aromatic rings. The van der Waals surface area contributed by atoms with E-state index in [1.54, 1.807) is 22.6 Å². The minimum atomic E-state index is -0.310. The lowest BCUT2D eigenvalue weighted by molar-refractivity contribution is 1.11. The molecule has 2 aromatic carbocycles. The second-order valence-electron chi connectivity index (χ2n) is 4.78. The molecule has 0 aliphatic rings. The number of hydrogen-bond acceptors (Lipinski definition) is 3. The molecule has 0 amide bonds. The Labute approximate surface area is 134 Å². The van der Waals surface area contributed by atoms with Crippen LogP contribution in [0.15, 0.2) is 47.3 Å². The molecule has 0 aliphatic heterocycles. The summed E-state index contributed by atoms with van der Waals surface area (Å²) in [7, 11) is 0. The minimum Gasteiger partial charge on any atom is -0.317 e. The number of benzene rings is 2. The van der Waals surface area contributed by atoms with Crippen molar-refractivity contribution < 1.29 is 0 Å². The molecule has 1 N–H and O–H groups in total. The summed E-state index contributed by atoms with van der Waals surface area (Å²) in [5.74, 6) is 0.477. The van der Waals surface area contributed by atoms with Gasteiger partial charge in [-0.25, -0.2) is 0 Å². The first kappa shape index (κ1) is 13.3. The summed E-state index contributed by atoms with van der Waals surface area (Å²) in [6, 6.07) is 12.5. The third-order valence-corrected chi connectivity index (χ3v) is 3.99. The van der Waals surface area contributed by atoms with E-state index in [2.05, 4.69) is 15.2 Å². The summed E-state index contributed by atoms with van der Waals surface area (Å²) in [5.41, 5.74) is 2.00. The van der Waals surface area contributed by atoms with Gasteiger partial charge in [-0.3, -0.25) is 9.20 Å². The number of hydrogen-bond donors (Lipinski definition) is 1. The molecule has 0 saturated carbocycles. The van der Waals surface area contributed by atoms with Crippen molar-refractivity contribution in [1.29, 1.82) is 0 Å². The highest BCUT2D eigenvalue weighted by atomic mass is 35.5. The van der Waals surface area contributed by atoms with E-state index in [0.717, 1.165) is 5.52 Å². The lowest BCUT2D eigenvalue weighted by Gasteiger charge is -2.06. The van der Waals surface area contributed by atoms with Crippen LogP contribution in [0.3, 0.4) is 0 Å². The van der Waals surface area contributed by atoms with E-state index in [-0.39, 0.29) is 11.2 Å². The van der Waals surface area contributed by atoms with E-state index < -0.39 is 0 Å². The first-order chi connectivity index (χ1) is 10.6. The van der Waals surface area contributed by atoms with Crippen LogP contribution in [-0.4, -0.2) is 19.6 Å². The maximum atomic E-state index is 12.2. The van der Waals surface area contributed by atoms with Crippen molar-refractivity contribution in [1.82, 2.24) is 19.6 Å². The van der Waals surface area contributed by atoms with Gasteiger partial charge in [0.25, 0.3) is 5.56 Å². The van der Waals surface area contributed by atoms with Crippen molar-refractivity contribution in [2.24, 2.45) is 0 Å². The van der Waals surface area contributed by atoms with Crippen molar-refractivity contribution in [2.75, 3.05) is 0 Å². The van der Waals surface area contributed by atoms with Gasteiger partial charge in [0.15, 0.2) is 5.82 Å². The zero-order valence-electron chi connectivity index (χ0n) is 11.0. The van der Waals surface area contributed by atoms with Crippen LogP contribution in [0.25, 0.3) is 28.1 Å². The van der Waals surface area contributed by atoms with Crippen molar-refractivity contribution in [3.63, 3.8) is 0 Å². The van der Waals surface area contributed by atoms with Crippen LogP contribution in [0.2, 0.25) is 10.0 Å². The zero-order chi connectivity index (χ0) is 15.3. The highest BCUT2D eigenvalue weighted by molar-refractivity contribution is 6.35. The van der Waals surface area contributed by atoms with Gasteiger partial charge in [0.2, 0.25) is 5.65 Å². The van der Waals surface area contributed by atoms with Crippen LogP contribution in [-0.2, 0) is 0 Å². The Morgan fingerprint density at radius 1 is 1.05 bits per heavy atom. The fourth-order valence-electron chi connectivity index (χ4n) is 2.46. The minimum absolute atomic E-state index is 0.213. The largest absolute Gasteiger partial charge is 0.317 e. The topological polar surface area (TPSA) is 63.0 Å². The van der Waals surface area contributed by atoms with Crippen LogP contribution < -0.4 is 5.56 Å². The fraction of sp³-hybridized carbons (Fsp3) is 0. The quantitative estimate of drug-likeness (QED) is 0.580. The van der Waals surface area contributed by atoms with Crippen LogP contribution in [0.5, 0.6) is 0 Å². The SMILES string of the molecule is O=c1[nH]c2ccccc2n2c(-c3cc(Cl)ccc3Cl)nnc12. The van der Waals surface area contributed by atoms with Gasteiger partial charge >= 0.3 is 0 Å². The highest BCUT2D eigenvalue weighted by Gasteiger charge is 2.16. The van der Waals surface area contributed by atoms with Gasteiger partial charge in [0, 0.05) is 10.6 Å². The predicted octanol–water partition coefficient (Wildman–Crippen LogP) is 3.54. The first-order valence-corrected chi connectivity index (χ1v) is 7.22. The zero-order valence-corrected chi connectivity index (χ0v) is 12.6. The van der Waals surface area contributed by atoms with Gasteiger partial charge in [-0.15, -0.1) is 10.2 Å². The molecule has 0 bridgehead atoms. The number of nitrogens with zero attached hydrogens (tertiary/aromatic N) is 3. The van der Waals surface area contributed by atoms with Gasteiger partial charge in [-0.05, 0) is 30.3 Å².